The van der Waals surface area contributed by atoms with E-state index in [0.717, 1.165) is 19.3 Å². The fourth-order valence-electron chi connectivity index (χ4n) is 2.27. The maximum atomic E-state index is 12.2. The van der Waals surface area contributed by atoms with Gasteiger partial charge in [-0.15, -0.1) is 0 Å². The molecule has 1 aliphatic carbocycles. The predicted octanol–water partition coefficient (Wildman–Crippen LogP) is 2.74. The minimum Gasteiger partial charge on any atom is -0.346 e. The standard InChI is InChI=1S/C14H16N2O3/c1-10-6-5-9-12(16(18)19)13(10)14(17)15-11-7-3-2-4-8-11/h3,5-7,9,11H,2,4,8H2,1H3,(H,15,17). The van der Waals surface area contributed by atoms with Crippen molar-refractivity contribution in [1.82, 2.24) is 5.32 Å². The molecule has 0 bridgehead atoms. The van der Waals surface area contributed by atoms with E-state index in [-0.39, 0.29) is 23.2 Å². The molecule has 1 atom stereocenters. The zero-order valence-electron chi connectivity index (χ0n) is 10.8. The van der Waals surface area contributed by atoms with E-state index >= 15 is 0 Å². The van der Waals surface area contributed by atoms with Crippen molar-refractivity contribution in [3.63, 3.8) is 0 Å². The number of allylic oxidation sites excluding steroid dienone is 1. The molecule has 0 aliphatic heterocycles. The smallest absolute Gasteiger partial charge is 0.282 e. The zero-order valence-corrected chi connectivity index (χ0v) is 10.8. The summed E-state index contributed by atoms with van der Waals surface area (Å²) in [6.45, 7) is 1.71. The molecule has 1 N–H and O–H groups in total. The molecule has 100 valence electrons. The number of nitrogens with one attached hydrogen (secondary N) is 1. The topological polar surface area (TPSA) is 72.2 Å². The summed E-state index contributed by atoms with van der Waals surface area (Å²) in [5.74, 6) is -0.374. The molecule has 19 heavy (non-hydrogen) atoms. The molecule has 1 unspecified atom stereocenters. The number of benzene rings is 1. The number of carbonyl (C=O) groups is 1. The van der Waals surface area contributed by atoms with Crippen LogP contribution in [0.5, 0.6) is 0 Å². The average molecular weight is 260 g/mol. The van der Waals surface area contributed by atoms with Gasteiger partial charge in [0.25, 0.3) is 11.6 Å². The first-order valence-electron chi connectivity index (χ1n) is 6.31. The van der Waals surface area contributed by atoms with E-state index in [4.69, 9.17) is 0 Å². The number of aryl methyl sites for hydroxylation is 1. The summed E-state index contributed by atoms with van der Waals surface area (Å²) in [7, 11) is 0. The Labute approximate surface area is 111 Å². The number of carbonyl (C=O) groups excluding carboxylic acids is 1. The number of nitro benzene ring substituents is 1. The van der Waals surface area contributed by atoms with Gasteiger partial charge in [0.2, 0.25) is 0 Å². The summed E-state index contributed by atoms with van der Waals surface area (Å²) in [5, 5.41) is 13.8. The lowest BCUT2D eigenvalue weighted by Crippen LogP contribution is -2.35. The van der Waals surface area contributed by atoms with Crippen LogP contribution in [-0.2, 0) is 0 Å². The van der Waals surface area contributed by atoms with Crippen LogP contribution in [0.3, 0.4) is 0 Å². The average Bonchev–Trinajstić information content (AvgIpc) is 2.39. The fourth-order valence-corrected chi connectivity index (χ4v) is 2.27. The summed E-state index contributed by atoms with van der Waals surface area (Å²) in [4.78, 5) is 22.7. The molecule has 2 rings (SSSR count). The van der Waals surface area contributed by atoms with Crippen molar-refractivity contribution in [2.24, 2.45) is 0 Å². The lowest BCUT2D eigenvalue weighted by molar-refractivity contribution is -0.385. The van der Waals surface area contributed by atoms with Crippen LogP contribution < -0.4 is 5.32 Å². The highest BCUT2D eigenvalue weighted by Crippen LogP contribution is 2.22. The summed E-state index contributed by atoms with van der Waals surface area (Å²) < 4.78 is 0. The first-order chi connectivity index (χ1) is 9.09. The third-order valence-corrected chi connectivity index (χ3v) is 3.25. The van der Waals surface area contributed by atoms with Crippen molar-refractivity contribution < 1.29 is 9.72 Å². The van der Waals surface area contributed by atoms with Gasteiger partial charge in [-0.1, -0.05) is 24.3 Å². The highest BCUT2D eigenvalue weighted by atomic mass is 16.6. The summed E-state index contributed by atoms with van der Waals surface area (Å²) in [6.07, 6.45) is 6.91. The van der Waals surface area contributed by atoms with Crippen molar-refractivity contribution >= 4 is 11.6 Å². The molecule has 1 amide bonds. The second-order valence-corrected chi connectivity index (χ2v) is 4.67. The number of nitro groups is 1. The van der Waals surface area contributed by atoms with Crippen LogP contribution >= 0.6 is 0 Å². The highest BCUT2D eigenvalue weighted by molar-refractivity contribution is 5.99. The Morgan fingerprint density at radius 2 is 2.26 bits per heavy atom. The molecule has 1 aliphatic rings. The Morgan fingerprint density at radius 3 is 2.89 bits per heavy atom. The molecule has 0 radical (unpaired) electrons. The largest absolute Gasteiger partial charge is 0.346 e. The molecule has 0 aromatic heterocycles. The number of amides is 1. The van der Waals surface area contributed by atoms with Gasteiger partial charge in [-0.05, 0) is 31.7 Å². The quantitative estimate of drug-likeness (QED) is 0.516. The van der Waals surface area contributed by atoms with Crippen LogP contribution in [0.4, 0.5) is 5.69 Å². The van der Waals surface area contributed by atoms with E-state index in [1.807, 2.05) is 12.2 Å². The zero-order chi connectivity index (χ0) is 13.8. The van der Waals surface area contributed by atoms with Crippen LogP contribution in [-0.4, -0.2) is 16.9 Å². The van der Waals surface area contributed by atoms with E-state index in [1.165, 1.54) is 6.07 Å². The third kappa shape index (κ3) is 2.99. The summed E-state index contributed by atoms with van der Waals surface area (Å²) in [6, 6.07) is 4.63. The second kappa shape index (κ2) is 5.65. The molecule has 0 spiro atoms. The Morgan fingerprint density at radius 1 is 1.47 bits per heavy atom. The summed E-state index contributed by atoms with van der Waals surface area (Å²) >= 11 is 0. The van der Waals surface area contributed by atoms with E-state index in [2.05, 4.69) is 5.32 Å². The Hall–Kier alpha value is -2.17. The van der Waals surface area contributed by atoms with Gasteiger partial charge in [-0.2, -0.15) is 0 Å². The SMILES string of the molecule is Cc1cccc([N+](=O)[O-])c1C(=O)NC1C=CCCC1. The maximum absolute atomic E-state index is 12.2. The molecule has 1 aromatic rings. The third-order valence-electron chi connectivity index (χ3n) is 3.25. The molecule has 0 fully saturated rings. The molecular formula is C14H16N2O3. The Bertz CT molecular complexity index is 537. The molecule has 0 saturated carbocycles. The molecule has 0 saturated heterocycles. The Kier molecular flexibility index (Phi) is 3.94. The molecule has 1 aromatic carbocycles. The van der Waals surface area contributed by atoms with Gasteiger partial charge >= 0.3 is 0 Å². The monoisotopic (exact) mass is 260 g/mol. The van der Waals surface area contributed by atoms with Gasteiger partial charge in [-0.25, -0.2) is 0 Å². The minimum atomic E-state index is -0.515. The van der Waals surface area contributed by atoms with Crippen molar-refractivity contribution in [3.8, 4) is 0 Å². The van der Waals surface area contributed by atoms with E-state index < -0.39 is 4.92 Å². The number of hydrogen-bond donors (Lipinski definition) is 1. The first kappa shape index (κ1) is 13.3. The van der Waals surface area contributed by atoms with Gasteiger partial charge in [0.1, 0.15) is 5.56 Å². The van der Waals surface area contributed by atoms with Crippen molar-refractivity contribution in [3.05, 3.63) is 51.6 Å². The van der Waals surface area contributed by atoms with Gasteiger partial charge in [0.15, 0.2) is 0 Å². The number of hydrogen-bond acceptors (Lipinski definition) is 3. The molecule has 5 nitrogen and oxygen atoms in total. The van der Waals surface area contributed by atoms with E-state index in [1.54, 1.807) is 19.1 Å². The van der Waals surface area contributed by atoms with Crippen LogP contribution in [0.15, 0.2) is 30.4 Å². The van der Waals surface area contributed by atoms with Crippen molar-refractivity contribution in [2.75, 3.05) is 0 Å². The lowest BCUT2D eigenvalue weighted by atomic mass is 10.0. The highest BCUT2D eigenvalue weighted by Gasteiger charge is 2.23. The predicted molar refractivity (Wildman–Crippen MR) is 72.1 cm³/mol. The fraction of sp³-hybridized carbons (Fsp3) is 0.357. The van der Waals surface area contributed by atoms with Gasteiger partial charge in [0, 0.05) is 12.1 Å². The van der Waals surface area contributed by atoms with Crippen LogP contribution in [0.1, 0.15) is 35.2 Å². The molecular weight excluding hydrogens is 244 g/mol. The normalized spacial score (nSPS) is 18.1. The molecule has 5 heteroatoms. The minimum absolute atomic E-state index is 0.0274. The molecule has 0 heterocycles. The lowest BCUT2D eigenvalue weighted by Gasteiger charge is -2.18. The first-order valence-corrected chi connectivity index (χ1v) is 6.31. The van der Waals surface area contributed by atoms with E-state index in [0.29, 0.717) is 5.56 Å². The van der Waals surface area contributed by atoms with Crippen molar-refractivity contribution in [2.45, 2.75) is 32.2 Å². The van der Waals surface area contributed by atoms with Gasteiger partial charge in [0.05, 0.1) is 4.92 Å². The van der Waals surface area contributed by atoms with Gasteiger partial charge in [-0.3, -0.25) is 14.9 Å². The van der Waals surface area contributed by atoms with Crippen molar-refractivity contribution in [1.29, 1.82) is 0 Å². The number of nitrogens with zero attached hydrogens (tertiary/aromatic N) is 1. The van der Waals surface area contributed by atoms with Crippen LogP contribution in [0, 0.1) is 17.0 Å². The van der Waals surface area contributed by atoms with E-state index in [9.17, 15) is 14.9 Å². The second-order valence-electron chi connectivity index (χ2n) is 4.67. The Balaban J connectivity index is 2.25. The van der Waals surface area contributed by atoms with Gasteiger partial charge < -0.3 is 5.32 Å². The maximum Gasteiger partial charge on any atom is 0.282 e. The van der Waals surface area contributed by atoms with Crippen LogP contribution in [0.2, 0.25) is 0 Å². The number of rotatable bonds is 3. The summed E-state index contributed by atoms with van der Waals surface area (Å²) in [5.41, 5.74) is 0.634. The van der Waals surface area contributed by atoms with Crippen LogP contribution in [0.25, 0.3) is 0 Å².